The monoisotopic (exact) mass is 269 g/mol. The summed E-state index contributed by atoms with van der Waals surface area (Å²) in [4.78, 5) is 4.59. The zero-order valence-corrected chi connectivity index (χ0v) is 11.3. The Morgan fingerprint density at radius 2 is 2.00 bits per heavy atom. The highest BCUT2D eigenvalue weighted by atomic mass is 19.1. The second-order valence-electron chi connectivity index (χ2n) is 4.81. The van der Waals surface area contributed by atoms with Crippen LogP contribution in [0.3, 0.4) is 0 Å². The molecule has 0 saturated heterocycles. The maximum atomic E-state index is 13.3. The Balaban J connectivity index is 2.12. The number of aromatic nitrogens is 2. The predicted octanol–water partition coefficient (Wildman–Crippen LogP) is 3.37. The average Bonchev–Trinajstić information content (AvgIpc) is 2.79. The van der Waals surface area contributed by atoms with Gasteiger partial charge in [0, 0.05) is 13.0 Å². The van der Waals surface area contributed by atoms with E-state index in [1.807, 2.05) is 24.3 Å². The summed E-state index contributed by atoms with van der Waals surface area (Å²) < 4.78 is 15.4. The van der Waals surface area contributed by atoms with Crippen LogP contribution in [0.15, 0.2) is 42.5 Å². The van der Waals surface area contributed by atoms with Crippen molar-refractivity contribution in [1.82, 2.24) is 9.55 Å². The van der Waals surface area contributed by atoms with Gasteiger partial charge in [-0.2, -0.15) is 0 Å². The Morgan fingerprint density at radius 3 is 2.75 bits per heavy atom. The molecule has 0 unspecified atom stereocenters. The van der Waals surface area contributed by atoms with E-state index in [0.717, 1.165) is 28.8 Å². The number of anilines is 1. The number of hydrogen-bond acceptors (Lipinski definition) is 2. The molecule has 0 atom stereocenters. The van der Waals surface area contributed by atoms with Crippen molar-refractivity contribution < 1.29 is 4.39 Å². The number of nitrogens with two attached hydrogens (primary N) is 1. The summed E-state index contributed by atoms with van der Waals surface area (Å²) in [7, 11) is 0. The van der Waals surface area contributed by atoms with Crippen LogP contribution in [0.2, 0.25) is 0 Å². The number of rotatable bonds is 3. The molecule has 0 aliphatic carbocycles. The largest absolute Gasteiger partial charge is 0.397 e. The number of benzene rings is 2. The fraction of sp³-hybridized carbons (Fsp3) is 0.188. The SMILES string of the molecule is CCc1nc2c(N)cccc2n1Cc1cccc(F)c1. The number of halogens is 1. The van der Waals surface area contributed by atoms with Gasteiger partial charge in [-0.25, -0.2) is 9.37 Å². The van der Waals surface area contributed by atoms with Crippen LogP contribution in [0.25, 0.3) is 11.0 Å². The van der Waals surface area contributed by atoms with E-state index in [0.29, 0.717) is 12.2 Å². The molecule has 0 amide bonds. The number of aryl methyl sites for hydroxylation is 1. The van der Waals surface area contributed by atoms with Crippen LogP contribution in [-0.2, 0) is 13.0 Å². The number of imidazole rings is 1. The number of nitrogen functional groups attached to an aromatic ring is 1. The Bertz CT molecular complexity index is 762. The van der Waals surface area contributed by atoms with Gasteiger partial charge in [0.25, 0.3) is 0 Å². The van der Waals surface area contributed by atoms with Gasteiger partial charge in [-0.1, -0.05) is 25.1 Å². The Kier molecular flexibility index (Phi) is 3.14. The predicted molar refractivity (Wildman–Crippen MR) is 79.0 cm³/mol. The molecule has 0 spiro atoms. The van der Waals surface area contributed by atoms with Crippen LogP contribution in [-0.4, -0.2) is 9.55 Å². The van der Waals surface area contributed by atoms with Crippen LogP contribution in [0.1, 0.15) is 18.3 Å². The summed E-state index contributed by atoms with van der Waals surface area (Å²) in [5, 5.41) is 0. The second-order valence-corrected chi connectivity index (χ2v) is 4.81. The minimum Gasteiger partial charge on any atom is -0.397 e. The summed E-state index contributed by atoms with van der Waals surface area (Å²) in [5.74, 6) is 0.742. The van der Waals surface area contributed by atoms with E-state index in [1.54, 1.807) is 12.1 Å². The van der Waals surface area contributed by atoms with Gasteiger partial charge in [0.1, 0.15) is 17.2 Å². The van der Waals surface area contributed by atoms with Crippen molar-refractivity contribution in [2.45, 2.75) is 19.9 Å². The minimum absolute atomic E-state index is 0.218. The fourth-order valence-electron chi connectivity index (χ4n) is 2.48. The van der Waals surface area contributed by atoms with E-state index in [-0.39, 0.29) is 5.82 Å². The highest BCUT2D eigenvalue weighted by Gasteiger charge is 2.11. The van der Waals surface area contributed by atoms with Gasteiger partial charge in [0.05, 0.1) is 11.2 Å². The maximum Gasteiger partial charge on any atom is 0.123 e. The molecule has 3 aromatic rings. The van der Waals surface area contributed by atoms with Crippen molar-refractivity contribution >= 4 is 16.7 Å². The number of nitrogens with zero attached hydrogens (tertiary/aromatic N) is 2. The van der Waals surface area contributed by atoms with Gasteiger partial charge in [-0.3, -0.25) is 0 Å². The number of hydrogen-bond donors (Lipinski definition) is 1. The zero-order chi connectivity index (χ0) is 14.1. The molecule has 0 fully saturated rings. The van der Waals surface area contributed by atoms with Gasteiger partial charge in [0.2, 0.25) is 0 Å². The molecule has 2 N–H and O–H groups in total. The van der Waals surface area contributed by atoms with Gasteiger partial charge < -0.3 is 10.3 Å². The van der Waals surface area contributed by atoms with Crippen molar-refractivity contribution in [2.24, 2.45) is 0 Å². The number of para-hydroxylation sites is 1. The van der Waals surface area contributed by atoms with Crippen LogP contribution in [0.4, 0.5) is 10.1 Å². The molecule has 1 heterocycles. The van der Waals surface area contributed by atoms with E-state index >= 15 is 0 Å². The first kappa shape index (κ1) is 12.7. The van der Waals surface area contributed by atoms with E-state index in [4.69, 9.17) is 5.73 Å². The second kappa shape index (κ2) is 4.96. The summed E-state index contributed by atoms with van der Waals surface area (Å²) in [5.41, 5.74) is 9.38. The summed E-state index contributed by atoms with van der Waals surface area (Å²) in [6, 6.07) is 12.4. The molecule has 0 bridgehead atoms. The summed E-state index contributed by atoms with van der Waals surface area (Å²) in [6.07, 6.45) is 0.809. The normalized spacial score (nSPS) is 11.1. The van der Waals surface area contributed by atoms with Crippen molar-refractivity contribution in [3.05, 3.63) is 59.7 Å². The lowest BCUT2D eigenvalue weighted by atomic mass is 10.2. The van der Waals surface area contributed by atoms with Crippen LogP contribution >= 0.6 is 0 Å². The smallest absolute Gasteiger partial charge is 0.123 e. The lowest BCUT2D eigenvalue weighted by Gasteiger charge is -2.08. The molecule has 2 aromatic carbocycles. The molecular weight excluding hydrogens is 253 g/mol. The Morgan fingerprint density at radius 1 is 1.20 bits per heavy atom. The molecule has 0 saturated carbocycles. The maximum absolute atomic E-state index is 13.3. The molecule has 3 nitrogen and oxygen atoms in total. The Labute approximate surface area is 116 Å². The molecule has 4 heteroatoms. The molecule has 3 rings (SSSR count). The third-order valence-corrected chi connectivity index (χ3v) is 3.44. The lowest BCUT2D eigenvalue weighted by molar-refractivity contribution is 0.623. The summed E-state index contributed by atoms with van der Waals surface area (Å²) in [6.45, 7) is 2.65. The molecule has 20 heavy (non-hydrogen) atoms. The first-order valence-electron chi connectivity index (χ1n) is 6.67. The van der Waals surface area contributed by atoms with Crippen LogP contribution in [0, 0.1) is 5.82 Å². The first-order valence-corrected chi connectivity index (χ1v) is 6.67. The van der Waals surface area contributed by atoms with Gasteiger partial charge >= 0.3 is 0 Å². The van der Waals surface area contributed by atoms with E-state index < -0.39 is 0 Å². The topological polar surface area (TPSA) is 43.8 Å². The van der Waals surface area contributed by atoms with E-state index in [2.05, 4.69) is 16.5 Å². The third-order valence-electron chi connectivity index (χ3n) is 3.44. The van der Waals surface area contributed by atoms with Crippen LogP contribution < -0.4 is 5.73 Å². The molecule has 1 aromatic heterocycles. The number of fused-ring (bicyclic) bond motifs is 1. The molecule has 0 aliphatic heterocycles. The lowest BCUT2D eigenvalue weighted by Crippen LogP contribution is -2.04. The molecular formula is C16H16FN3. The highest BCUT2D eigenvalue weighted by molar-refractivity contribution is 5.87. The van der Waals surface area contributed by atoms with Gasteiger partial charge in [0.15, 0.2) is 0 Å². The van der Waals surface area contributed by atoms with Gasteiger partial charge in [-0.15, -0.1) is 0 Å². The van der Waals surface area contributed by atoms with Crippen molar-refractivity contribution in [3.63, 3.8) is 0 Å². The average molecular weight is 269 g/mol. The fourth-order valence-corrected chi connectivity index (χ4v) is 2.48. The van der Waals surface area contributed by atoms with Crippen LogP contribution in [0.5, 0.6) is 0 Å². The first-order chi connectivity index (χ1) is 9.69. The zero-order valence-electron chi connectivity index (χ0n) is 11.3. The quantitative estimate of drug-likeness (QED) is 0.741. The van der Waals surface area contributed by atoms with Crippen molar-refractivity contribution in [2.75, 3.05) is 5.73 Å². The molecule has 0 radical (unpaired) electrons. The molecule has 102 valence electrons. The van der Waals surface area contributed by atoms with Crippen molar-refractivity contribution in [3.8, 4) is 0 Å². The van der Waals surface area contributed by atoms with Gasteiger partial charge in [-0.05, 0) is 29.8 Å². The van der Waals surface area contributed by atoms with E-state index in [9.17, 15) is 4.39 Å². The van der Waals surface area contributed by atoms with Crippen molar-refractivity contribution in [1.29, 1.82) is 0 Å². The third kappa shape index (κ3) is 2.13. The molecule has 0 aliphatic rings. The summed E-state index contributed by atoms with van der Waals surface area (Å²) >= 11 is 0. The Hall–Kier alpha value is -2.36. The standard InChI is InChI=1S/C16H16FN3/c1-2-15-19-16-13(18)7-4-8-14(16)20(15)10-11-5-3-6-12(17)9-11/h3-9H,2,10,18H2,1H3. The minimum atomic E-state index is -0.218. The highest BCUT2D eigenvalue weighted by Crippen LogP contribution is 2.23. The van der Waals surface area contributed by atoms with E-state index in [1.165, 1.54) is 6.07 Å².